The molecule has 0 spiro atoms. The van der Waals surface area contributed by atoms with Crippen LogP contribution in [0.2, 0.25) is 0 Å². The van der Waals surface area contributed by atoms with Crippen LogP contribution in [0.25, 0.3) is 0 Å². The van der Waals surface area contributed by atoms with E-state index in [0.29, 0.717) is 29.4 Å². The fourth-order valence-corrected chi connectivity index (χ4v) is 5.44. The molecule has 1 aliphatic heterocycles. The van der Waals surface area contributed by atoms with Crippen molar-refractivity contribution < 1.29 is 8.42 Å². The first-order valence-corrected chi connectivity index (χ1v) is 9.93. The van der Waals surface area contributed by atoms with E-state index in [4.69, 9.17) is 5.73 Å². The number of sulfonamides is 1. The first-order valence-electron chi connectivity index (χ1n) is 7.30. The van der Waals surface area contributed by atoms with Crippen molar-refractivity contribution in [2.45, 2.75) is 50.6 Å². The van der Waals surface area contributed by atoms with Crippen LogP contribution in [-0.2, 0) is 16.6 Å². The van der Waals surface area contributed by atoms with Gasteiger partial charge >= 0.3 is 0 Å². The van der Waals surface area contributed by atoms with Gasteiger partial charge in [0, 0.05) is 12.6 Å². The molecular weight excluding hydrogens is 308 g/mol. The Labute approximate surface area is 130 Å². The molecule has 2 heterocycles. The first kappa shape index (κ1) is 16.8. The molecule has 1 fully saturated rings. The van der Waals surface area contributed by atoms with Crippen molar-refractivity contribution in [2.24, 2.45) is 5.73 Å². The van der Waals surface area contributed by atoms with Gasteiger partial charge in [-0.25, -0.2) is 13.1 Å². The van der Waals surface area contributed by atoms with E-state index in [9.17, 15) is 8.42 Å². The van der Waals surface area contributed by atoms with E-state index in [1.54, 1.807) is 11.6 Å². The van der Waals surface area contributed by atoms with E-state index in [1.165, 1.54) is 0 Å². The lowest BCUT2D eigenvalue weighted by atomic mass is 10.2. The van der Waals surface area contributed by atoms with Crippen molar-refractivity contribution in [3.8, 4) is 0 Å². The highest BCUT2D eigenvalue weighted by Gasteiger charge is 2.27. The van der Waals surface area contributed by atoms with Crippen molar-refractivity contribution >= 4 is 21.8 Å². The van der Waals surface area contributed by atoms with E-state index in [-0.39, 0.29) is 6.04 Å². The smallest absolute Gasteiger partial charge is 0.244 e. The van der Waals surface area contributed by atoms with Crippen LogP contribution in [-0.4, -0.2) is 42.3 Å². The minimum Gasteiger partial charge on any atom is -0.330 e. The van der Waals surface area contributed by atoms with Gasteiger partial charge in [-0.3, -0.25) is 4.68 Å². The third kappa shape index (κ3) is 4.00. The molecule has 0 atom stereocenters. The van der Waals surface area contributed by atoms with Crippen LogP contribution in [0.1, 0.15) is 30.7 Å². The molecule has 0 bridgehead atoms. The molecule has 0 aromatic carbocycles. The molecule has 21 heavy (non-hydrogen) atoms. The summed E-state index contributed by atoms with van der Waals surface area (Å²) < 4.78 is 29.9. The summed E-state index contributed by atoms with van der Waals surface area (Å²) in [6.45, 7) is 4.77. The quantitative estimate of drug-likeness (QED) is 0.812. The van der Waals surface area contributed by atoms with Crippen molar-refractivity contribution in [2.75, 3.05) is 18.1 Å². The Morgan fingerprint density at radius 1 is 1.38 bits per heavy atom. The van der Waals surface area contributed by atoms with Crippen LogP contribution in [0.5, 0.6) is 0 Å². The molecule has 1 aliphatic rings. The SMILES string of the molecule is Cc1nn(CCCN)c(C)c1S(=O)(=O)NC1CCSCC1. The number of aryl methyl sites for hydroxylation is 2. The average Bonchev–Trinajstić information content (AvgIpc) is 2.72. The van der Waals surface area contributed by atoms with E-state index in [1.807, 2.05) is 18.7 Å². The molecule has 6 nitrogen and oxygen atoms in total. The van der Waals surface area contributed by atoms with Crippen LogP contribution < -0.4 is 10.5 Å². The summed E-state index contributed by atoms with van der Waals surface area (Å²) >= 11 is 1.88. The van der Waals surface area contributed by atoms with Gasteiger partial charge in [-0.1, -0.05) is 0 Å². The van der Waals surface area contributed by atoms with Crippen LogP contribution in [0.15, 0.2) is 4.90 Å². The number of rotatable bonds is 6. The second-order valence-corrected chi connectivity index (χ2v) is 8.25. The van der Waals surface area contributed by atoms with Crippen LogP contribution in [0, 0.1) is 13.8 Å². The summed E-state index contributed by atoms with van der Waals surface area (Å²) in [7, 11) is -3.50. The van der Waals surface area contributed by atoms with E-state index >= 15 is 0 Å². The van der Waals surface area contributed by atoms with Crippen molar-refractivity contribution in [3.63, 3.8) is 0 Å². The molecule has 1 saturated heterocycles. The summed E-state index contributed by atoms with van der Waals surface area (Å²) in [4.78, 5) is 0.331. The third-order valence-corrected chi connectivity index (χ3v) is 6.52. The number of nitrogens with zero attached hydrogens (tertiary/aromatic N) is 2. The second-order valence-electron chi connectivity index (χ2n) is 5.37. The highest BCUT2D eigenvalue weighted by Crippen LogP contribution is 2.23. The number of hydrogen-bond acceptors (Lipinski definition) is 5. The highest BCUT2D eigenvalue weighted by molar-refractivity contribution is 7.99. The van der Waals surface area contributed by atoms with Gasteiger partial charge in [-0.2, -0.15) is 16.9 Å². The van der Waals surface area contributed by atoms with Gasteiger partial charge in [0.2, 0.25) is 10.0 Å². The van der Waals surface area contributed by atoms with Gasteiger partial charge in [-0.15, -0.1) is 0 Å². The Morgan fingerprint density at radius 3 is 2.67 bits per heavy atom. The number of hydrogen-bond donors (Lipinski definition) is 2. The van der Waals surface area contributed by atoms with Gasteiger partial charge in [0.15, 0.2) is 0 Å². The molecule has 8 heteroatoms. The maximum absolute atomic E-state index is 12.6. The predicted octanol–water partition coefficient (Wildman–Crippen LogP) is 1.02. The standard InChI is InChI=1S/C13H24N4O2S2/c1-10-13(11(2)17(15-10)7-3-6-14)21(18,19)16-12-4-8-20-9-5-12/h12,16H,3-9,14H2,1-2H3. The molecule has 1 aromatic heterocycles. The monoisotopic (exact) mass is 332 g/mol. The van der Waals surface area contributed by atoms with E-state index < -0.39 is 10.0 Å². The zero-order chi connectivity index (χ0) is 15.5. The lowest BCUT2D eigenvalue weighted by molar-refractivity contribution is 0.527. The number of thioether (sulfide) groups is 1. The third-order valence-electron chi connectivity index (χ3n) is 3.70. The Morgan fingerprint density at radius 2 is 2.05 bits per heavy atom. The molecule has 0 radical (unpaired) electrons. The van der Waals surface area contributed by atoms with E-state index in [2.05, 4.69) is 9.82 Å². The molecule has 0 amide bonds. The predicted molar refractivity (Wildman–Crippen MR) is 86.0 cm³/mol. The number of nitrogens with two attached hydrogens (primary N) is 1. The second kappa shape index (κ2) is 7.13. The van der Waals surface area contributed by atoms with Gasteiger partial charge < -0.3 is 5.73 Å². The lowest BCUT2D eigenvalue weighted by Crippen LogP contribution is -2.37. The molecule has 1 aromatic rings. The molecule has 3 N–H and O–H groups in total. The molecule has 2 rings (SSSR count). The Bertz CT molecular complexity index is 577. The molecule has 120 valence electrons. The van der Waals surface area contributed by atoms with Crippen LogP contribution in [0.4, 0.5) is 0 Å². The first-order chi connectivity index (χ1) is 9.95. The van der Waals surface area contributed by atoms with Gasteiger partial charge in [0.25, 0.3) is 0 Å². The van der Waals surface area contributed by atoms with Crippen LogP contribution in [0.3, 0.4) is 0 Å². The molecule has 0 aliphatic carbocycles. The molecule has 0 saturated carbocycles. The van der Waals surface area contributed by atoms with E-state index in [0.717, 1.165) is 30.8 Å². The van der Waals surface area contributed by atoms with Crippen molar-refractivity contribution in [1.82, 2.24) is 14.5 Å². The topological polar surface area (TPSA) is 90.0 Å². The lowest BCUT2D eigenvalue weighted by Gasteiger charge is -2.22. The zero-order valence-electron chi connectivity index (χ0n) is 12.6. The van der Waals surface area contributed by atoms with Gasteiger partial charge in [-0.05, 0) is 51.2 Å². The number of nitrogens with one attached hydrogen (secondary N) is 1. The zero-order valence-corrected chi connectivity index (χ0v) is 14.3. The highest BCUT2D eigenvalue weighted by atomic mass is 32.2. The normalized spacial score (nSPS) is 17.3. The minimum atomic E-state index is -3.50. The summed E-state index contributed by atoms with van der Waals surface area (Å²) in [6, 6.07) is 0.0439. The summed E-state index contributed by atoms with van der Waals surface area (Å²) in [5.41, 5.74) is 6.76. The fraction of sp³-hybridized carbons (Fsp3) is 0.769. The minimum absolute atomic E-state index is 0.0439. The average molecular weight is 332 g/mol. The summed E-state index contributed by atoms with van der Waals surface area (Å²) in [6.07, 6.45) is 2.57. The van der Waals surface area contributed by atoms with Crippen molar-refractivity contribution in [1.29, 1.82) is 0 Å². The maximum Gasteiger partial charge on any atom is 0.244 e. The van der Waals surface area contributed by atoms with Gasteiger partial charge in [0.05, 0.1) is 11.4 Å². The van der Waals surface area contributed by atoms with Gasteiger partial charge in [0.1, 0.15) is 4.90 Å². The maximum atomic E-state index is 12.6. The number of aromatic nitrogens is 2. The van der Waals surface area contributed by atoms with Crippen molar-refractivity contribution in [3.05, 3.63) is 11.4 Å². The Balaban J connectivity index is 2.20. The van der Waals surface area contributed by atoms with Crippen LogP contribution >= 0.6 is 11.8 Å². The Hall–Kier alpha value is -0.570. The summed E-state index contributed by atoms with van der Waals surface area (Å²) in [5.74, 6) is 2.03. The molecular formula is C13H24N4O2S2. The summed E-state index contributed by atoms with van der Waals surface area (Å²) in [5, 5.41) is 4.34. The largest absolute Gasteiger partial charge is 0.330 e. The molecule has 0 unspecified atom stereocenters. The Kier molecular flexibility index (Phi) is 5.70. The fourth-order valence-electron chi connectivity index (χ4n) is 2.62.